The lowest BCUT2D eigenvalue weighted by Crippen LogP contribution is -2.07. The largest absolute Gasteiger partial charge is 0.193 e. The highest BCUT2D eigenvalue weighted by Crippen LogP contribution is 2.20. The molecule has 0 spiro atoms. The Bertz CT molecular complexity index is 218. The molecule has 0 aliphatic carbocycles. The normalized spacial score (nSPS) is 17.4. The zero-order chi connectivity index (χ0) is 9.56. The molecule has 0 rings (SSSR count). The molecule has 1 heteroatoms. The summed E-state index contributed by atoms with van der Waals surface area (Å²) in [5.74, 6) is 0.775. The number of allylic oxidation sites excluding steroid dienone is 4. The maximum absolute atomic E-state index is 8.77. The van der Waals surface area contributed by atoms with E-state index in [9.17, 15) is 0 Å². The smallest absolute Gasteiger partial charge is 0.0946 e. The average Bonchev–Trinajstić information content (AvgIpc) is 2.07. The summed E-state index contributed by atoms with van der Waals surface area (Å²) < 4.78 is 0. The van der Waals surface area contributed by atoms with E-state index in [1.807, 2.05) is 26.0 Å². The van der Waals surface area contributed by atoms with Crippen LogP contribution >= 0.6 is 0 Å². The van der Waals surface area contributed by atoms with Gasteiger partial charge in [0.2, 0.25) is 0 Å². The zero-order valence-electron chi connectivity index (χ0n) is 8.33. The summed E-state index contributed by atoms with van der Waals surface area (Å²) in [5, 5.41) is 8.77. The molecule has 0 radical (unpaired) electrons. The molecule has 0 heterocycles. The molecule has 0 bridgehead atoms. The van der Waals surface area contributed by atoms with Crippen molar-refractivity contribution in [2.24, 2.45) is 11.8 Å². The predicted octanol–water partition coefficient (Wildman–Crippen LogP) is 3.30. The van der Waals surface area contributed by atoms with Crippen molar-refractivity contribution in [2.75, 3.05) is 0 Å². The number of rotatable bonds is 3. The molecule has 12 heavy (non-hydrogen) atoms. The zero-order valence-corrected chi connectivity index (χ0v) is 8.33. The van der Waals surface area contributed by atoms with Crippen molar-refractivity contribution in [3.05, 3.63) is 23.8 Å². The van der Waals surface area contributed by atoms with Crippen LogP contribution < -0.4 is 0 Å². The van der Waals surface area contributed by atoms with E-state index in [4.69, 9.17) is 5.26 Å². The van der Waals surface area contributed by atoms with Crippen LogP contribution in [-0.2, 0) is 0 Å². The molecule has 0 aromatic carbocycles. The first kappa shape index (κ1) is 11.0. The summed E-state index contributed by atoms with van der Waals surface area (Å²) in [6.45, 7) is 8.14. The lowest BCUT2D eigenvalue weighted by atomic mass is 9.89. The van der Waals surface area contributed by atoms with Crippen molar-refractivity contribution in [2.45, 2.75) is 27.7 Å². The van der Waals surface area contributed by atoms with Crippen molar-refractivity contribution in [1.82, 2.24) is 0 Å². The molecule has 0 saturated heterocycles. The minimum atomic E-state index is 0.330. The van der Waals surface area contributed by atoms with Crippen LogP contribution in [0.15, 0.2) is 23.8 Å². The molecule has 0 aromatic heterocycles. The van der Waals surface area contributed by atoms with Crippen LogP contribution in [0.4, 0.5) is 0 Å². The summed E-state index contributed by atoms with van der Waals surface area (Å²) in [6, 6.07) is 2.22. The molecule has 0 N–H and O–H groups in total. The highest BCUT2D eigenvalue weighted by Gasteiger charge is 2.12. The van der Waals surface area contributed by atoms with E-state index in [1.54, 1.807) is 0 Å². The fourth-order valence-electron chi connectivity index (χ4n) is 1.18. The van der Waals surface area contributed by atoms with Gasteiger partial charge in [-0.1, -0.05) is 32.1 Å². The SMILES string of the molecule is C/C=C\C(C)C(C)/C(C#N)=C\C. The molecular weight excluding hydrogens is 146 g/mol. The van der Waals surface area contributed by atoms with Gasteiger partial charge >= 0.3 is 0 Å². The summed E-state index contributed by atoms with van der Waals surface area (Å²) in [5.41, 5.74) is 0.876. The lowest BCUT2D eigenvalue weighted by molar-refractivity contribution is 0.540. The minimum Gasteiger partial charge on any atom is -0.193 e. The van der Waals surface area contributed by atoms with Crippen LogP contribution in [0.2, 0.25) is 0 Å². The van der Waals surface area contributed by atoms with Gasteiger partial charge in [-0.25, -0.2) is 0 Å². The fraction of sp³-hybridized carbons (Fsp3) is 0.545. The van der Waals surface area contributed by atoms with E-state index >= 15 is 0 Å². The maximum Gasteiger partial charge on any atom is 0.0946 e. The highest BCUT2D eigenvalue weighted by atomic mass is 14.3. The minimum absolute atomic E-state index is 0.330. The van der Waals surface area contributed by atoms with Gasteiger partial charge in [0.25, 0.3) is 0 Å². The third-order valence-corrected chi connectivity index (χ3v) is 2.22. The first-order valence-corrected chi connectivity index (χ1v) is 4.36. The first-order valence-electron chi connectivity index (χ1n) is 4.36. The average molecular weight is 163 g/mol. The van der Waals surface area contributed by atoms with Gasteiger partial charge < -0.3 is 0 Å². The van der Waals surface area contributed by atoms with Crippen LogP contribution in [0, 0.1) is 23.2 Å². The molecular formula is C11H17N. The second-order valence-electron chi connectivity index (χ2n) is 3.03. The number of hydrogen-bond donors (Lipinski definition) is 0. The summed E-state index contributed by atoms with van der Waals surface area (Å²) in [7, 11) is 0. The molecule has 2 unspecified atom stereocenters. The standard InChI is InChI=1S/C11H17N/c1-5-7-9(3)10(4)11(6-2)8-12/h5-7,9-10H,1-4H3/b7-5-,11-6-. The van der Waals surface area contributed by atoms with E-state index in [-0.39, 0.29) is 0 Å². The third kappa shape index (κ3) is 2.92. The Hall–Kier alpha value is -1.03. The number of hydrogen-bond acceptors (Lipinski definition) is 1. The molecule has 0 amide bonds. The number of nitriles is 1. The third-order valence-electron chi connectivity index (χ3n) is 2.22. The van der Waals surface area contributed by atoms with Crippen LogP contribution in [0.1, 0.15) is 27.7 Å². The Morgan fingerprint density at radius 3 is 2.25 bits per heavy atom. The van der Waals surface area contributed by atoms with Crippen LogP contribution in [0.5, 0.6) is 0 Å². The lowest BCUT2D eigenvalue weighted by Gasteiger charge is -2.14. The van der Waals surface area contributed by atoms with Crippen molar-refractivity contribution in [3.8, 4) is 6.07 Å². The monoisotopic (exact) mass is 163 g/mol. The van der Waals surface area contributed by atoms with Crippen molar-refractivity contribution in [1.29, 1.82) is 5.26 Å². The summed E-state index contributed by atoms with van der Waals surface area (Å²) in [4.78, 5) is 0. The van der Waals surface area contributed by atoms with E-state index in [2.05, 4.69) is 26.0 Å². The molecule has 1 nitrogen and oxygen atoms in total. The van der Waals surface area contributed by atoms with Gasteiger partial charge in [-0.2, -0.15) is 5.26 Å². The fourth-order valence-corrected chi connectivity index (χ4v) is 1.18. The van der Waals surface area contributed by atoms with Gasteiger partial charge in [0.05, 0.1) is 6.07 Å². The van der Waals surface area contributed by atoms with E-state index < -0.39 is 0 Å². The predicted molar refractivity (Wildman–Crippen MR) is 52.5 cm³/mol. The van der Waals surface area contributed by atoms with Crippen molar-refractivity contribution >= 4 is 0 Å². The molecule has 0 saturated carbocycles. The molecule has 0 fully saturated rings. The Morgan fingerprint density at radius 2 is 1.92 bits per heavy atom. The Balaban J connectivity index is 4.39. The van der Waals surface area contributed by atoms with Gasteiger partial charge in [-0.15, -0.1) is 0 Å². The Kier molecular flexibility index (Phi) is 5.12. The van der Waals surface area contributed by atoms with Crippen LogP contribution in [0.3, 0.4) is 0 Å². The van der Waals surface area contributed by atoms with Crippen molar-refractivity contribution < 1.29 is 0 Å². The van der Waals surface area contributed by atoms with Gasteiger partial charge in [0.1, 0.15) is 0 Å². The first-order chi connectivity index (χ1) is 5.67. The van der Waals surface area contributed by atoms with Gasteiger partial charge in [-0.05, 0) is 25.7 Å². The van der Waals surface area contributed by atoms with Gasteiger partial charge in [0, 0.05) is 5.57 Å². The van der Waals surface area contributed by atoms with Crippen LogP contribution in [-0.4, -0.2) is 0 Å². The molecule has 0 aliphatic rings. The number of nitrogens with zero attached hydrogens (tertiary/aromatic N) is 1. The molecule has 66 valence electrons. The highest BCUT2D eigenvalue weighted by molar-refractivity contribution is 5.23. The van der Waals surface area contributed by atoms with E-state index in [1.165, 1.54) is 0 Å². The van der Waals surface area contributed by atoms with Crippen molar-refractivity contribution in [3.63, 3.8) is 0 Å². The van der Waals surface area contributed by atoms with E-state index in [0.29, 0.717) is 11.8 Å². The second-order valence-corrected chi connectivity index (χ2v) is 3.03. The second kappa shape index (κ2) is 5.60. The van der Waals surface area contributed by atoms with Gasteiger partial charge in [-0.3, -0.25) is 0 Å². The van der Waals surface area contributed by atoms with Crippen LogP contribution in [0.25, 0.3) is 0 Å². The maximum atomic E-state index is 8.77. The van der Waals surface area contributed by atoms with E-state index in [0.717, 1.165) is 5.57 Å². The quantitative estimate of drug-likeness (QED) is 0.462. The molecule has 2 atom stereocenters. The molecule has 0 aromatic rings. The molecule has 0 aliphatic heterocycles. The van der Waals surface area contributed by atoms with Gasteiger partial charge in [0.15, 0.2) is 0 Å². The topological polar surface area (TPSA) is 23.8 Å². The summed E-state index contributed by atoms with van der Waals surface area (Å²) in [6.07, 6.45) is 6.06. The Morgan fingerprint density at radius 1 is 1.33 bits per heavy atom. The Labute approximate surface area is 75.4 Å². The summed E-state index contributed by atoms with van der Waals surface area (Å²) >= 11 is 0.